The third-order valence-corrected chi connectivity index (χ3v) is 4.97. The maximum absolute atomic E-state index is 13.2. The van der Waals surface area contributed by atoms with Gasteiger partial charge in [-0.05, 0) is 50.9 Å². The number of carbonyl (C=O) groups excluding carboxylic acids is 2. The third kappa shape index (κ3) is 8.37. The Hall–Kier alpha value is -2.33. The number of hydrogen-bond donors (Lipinski definition) is 2. The van der Waals surface area contributed by atoms with Crippen LogP contribution in [0.15, 0.2) is 18.2 Å². The van der Waals surface area contributed by atoms with Crippen molar-refractivity contribution in [2.75, 3.05) is 63.7 Å². The van der Waals surface area contributed by atoms with Gasteiger partial charge in [-0.15, -0.1) is 0 Å². The molecule has 1 aliphatic rings. The van der Waals surface area contributed by atoms with E-state index in [1.54, 1.807) is 14.2 Å². The van der Waals surface area contributed by atoms with Crippen molar-refractivity contribution in [3.8, 4) is 0 Å². The number of ether oxygens (including phenoxy) is 1. The fourth-order valence-corrected chi connectivity index (χ4v) is 3.46. The van der Waals surface area contributed by atoms with Crippen molar-refractivity contribution >= 4 is 23.2 Å². The Morgan fingerprint density at radius 2 is 1.81 bits per heavy atom. The molecule has 174 valence electrons. The molecule has 1 heterocycles. The van der Waals surface area contributed by atoms with Crippen LogP contribution in [0, 0.1) is 0 Å². The van der Waals surface area contributed by atoms with Gasteiger partial charge in [-0.2, -0.15) is 13.2 Å². The first-order valence-electron chi connectivity index (χ1n) is 10.4. The van der Waals surface area contributed by atoms with Crippen LogP contribution in [0.1, 0.15) is 31.2 Å². The number of benzene rings is 1. The second kappa shape index (κ2) is 11.9. The van der Waals surface area contributed by atoms with E-state index in [1.165, 1.54) is 11.0 Å². The van der Waals surface area contributed by atoms with Crippen molar-refractivity contribution in [1.29, 1.82) is 0 Å². The van der Waals surface area contributed by atoms with Crippen LogP contribution in [0.5, 0.6) is 0 Å². The van der Waals surface area contributed by atoms with E-state index in [0.717, 1.165) is 44.5 Å². The molecule has 0 aliphatic carbocycles. The molecular weight excluding hydrogens is 413 g/mol. The molecule has 1 aromatic rings. The van der Waals surface area contributed by atoms with Crippen molar-refractivity contribution in [2.45, 2.75) is 31.9 Å². The number of nitrogens with one attached hydrogen (secondary N) is 2. The van der Waals surface area contributed by atoms with Gasteiger partial charge in [0.15, 0.2) is 0 Å². The van der Waals surface area contributed by atoms with Crippen molar-refractivity contribution in [1.82, 2.24) is 10.2 Å². The predicted octanol–water partition coefficient (Wildman–Crippen LogP) is 2.72. The largest absolute Gasteiger partial charge is 0.416 e. The van der Waals surface area contributed by atoms with Crippen LogP contribution in [-0.4, -0.2) is 70.2 Å². The van der Waals surface area contributed by atoms with Gasteiger partial charge in [0.2, 0.25) is 11.8 Å². The highest BCUT2D eigenvalue weighted by molar-refractivity contribution is 5.96. The smallest absolute Gasteiger partial charge is 0.385 e. The summed E-state index contributed by atoms with van der Waals surface area (Å²) in [4.78, 5) is 27.9. The molecule has 0 atom stereocenters. The van der Waals surface area contributed by atoms with E-state index in [9.17, 15) is 22.8 Å². The van der Waals surface area contributed by atoms with Crippen molar-refractivity contribution < 1.29 is 27.5 Å². The second-order valence-corrected chi connectivity index (χ2v) is 7.69. The molecule has 1 saturated heterocycles. The zero-order chi connectivity index (χ0) is 22.9. The van der Waals surface area contributed by atoms with Crippen LogP contribution in [0.25, 0.3) is 0 Å². The average Bonchev–Trinajstić information content (AvgIpc) is 2.71. The van der Waals surface area contributed by atoms with Gasteiger partial charge >= 0.3 is 6.18 Å². The van der Waals surface area contributed by atoms with E-state index in [2.05, 4.69) is 10.6 Å². The normalized spacial score (nSPS) is 14.6. The number of amides is 2. The number of methoxy groups -OCH3 is 1. The summed E-state index contributed by atoms with van der Waals surface area (Å²) in [5.41, 5.74) is -0.0916. The second-order valence-electron chi connectivity index (χ2n) is 7.69. The summed E-state index contributed by atoms with van der Waals surface area (Å²) in [5.74, 6) is -0.716. The highest BCUT2D eigenvalue weighted by atomic mass is 19.4. The lowest BCUT2D eigenvalue weighted by Crippen LogP contribution is -2.39. The zero-order valence-electron chi connectivity index (χ0n) is 18.1. The Kier molecular flexibility index (Phi) is 9.57. The summed E-state index contributed by atoms with van der Waals surface area (Å²) in [6.45, 7) is 2.35. The minimum Gasteiger partial charge on any atom is -0.385 e. The fraction of sp³-hybridized carbons (Fsp3) is 0.619. The van der Waals surface area contributed by atoms with E-state index < -0.39 is 17.6 Å². The minimum atomic E-state index is -4.50. The molecule has 0 saturated carbocycles. The topological polar surface area (TPSA) is 73.9 Å². The zero-order valence-corrected chi connectivity index (χ0v) is 18.1. The van der Waals surface area contributed by atoms with Gasteiger partial charge in [0, 0.05) is 33.4 Å². The number of piperidine rings is 1. The summed E-state index contributed by atoms with van der Waals surface area (Å²) in [7, 11) is 3.18. The molecule has 1 aromatic carbocycles. The number of rotatable bonds is 10. The first-order valence-corrected chi connectivity index (χ1v) is 10.4. The lowest BCUT2D eigenvalue weighted by molar-refractivity contribution is -0.137. The molecule has 0 spiro atoms. The van der Waals surface area contributed by atoms with Crippen LogP contribution in [0.4, 0.5) is 24.5 Å². The molecule has 2 N–H and O–H groups in total. The SMILES string of the molecule is COCCCNC(=O)CN(C)CC(=O)Nc1cc(C(F)(F)F)ccc1N1CCCCC1. The lowest BCUT2D eigenvalue weighted by Gasteiger charge is -2.31. The standard InChI is InChI=1S/C21H31F3N4O3/c1-27(14-19(29)25-9-6-12-31-2)15-20(30)26-17-13-16(21(22,23)24)7-8-18(17)28-10-4-3-5-11-28/h7-8,13H,3-6,9-12,14-15H2,1-2H3,(H,25,29)(H,26,30). The Labute approximate surface area is 180 Å². The van der Waals surface area contributed by atoms with Crippen molar-refractivity contribution in [3.63, 3.8) is 0 Å². The number of hydrogen-bond acceptors (Lipinski definition) is 5. The van der Waals surface area contributed by atoms with Crippen LogP contribution in [0.3, 0.4) is 0 Å². The number of anilines is 2. The number of nitrogens with zero attached hydrogens (tertiary/aromatic N) is 2. The summed E-state index contributed by atoms with van der Waals surface area (Å²) in [6, 6.07) is 3.44. The number of carbonyl (C=O) groups is 2. The fourth-order valence-electron chi connectivity index (χ4n) is 3.46. The van der Waals surface area contributed by atoms with Gasteiger partial charge in [-0.25, -0.2) is 0 Å². The molecule has 7 nitrogen and oxygen atoms in total. The van der Waals surface area contributed by atoms with Crippen LogP contribution < -0.4 is 15.5 Å². The van der Waals surface area contributed by atoms with Gasteiger partial charge in [-0.1, -0.05) is 0 Å². The molecular formula is C21H31F3N4O3. The van der Waals surface area contributed by atoms with Gasteiger partial charge in [0.1, 0.15) is 0 Å². The van der Waals surface area contributed by atoms with E-state index >= 15 is 0 Å². The molecule has 2 rings (SSSR count). The number of likely N-dealkylation sites (N-methyl/N-ethyl adjacent to an activating group) is 1. The van der Waals surface area contributed by atoms with E-state index in [4.69, 9.17) is 4.74 Å². The van der Waals surface area contributed by atoms with Crippen LogP contribution in [0.2, 0.25) is 0 Å². The van der Waals surface area contributed by atoms with Gasteiger partial charge < -0.3 is 20.3 Å². The highest BCUT2D eigenvalue weighted by Crippen LogP contribution is 2.36. The molecule has 31 heavy (non-hydrogen) atoms. The van der Waals surface area contributed by atoms with Gasteiger partial charge in [0.05, 0.1) is 30.0 Å². The molecule has 10 heteroatoms. The van der Waals surface area contributed by atoms with Crippen molar-refractivity contribution in [2.24, 2.45) is 0 Å². The molecule has 0 radical (unpaired) electrons. The Balaban J connectivity index is 2.00. The van der Waals surface area contributed by atoms with Crippen LogP contribution >= 0.6 is 0 Å². The quantitative estimate of drug-likeness (QED) is 0.543. The van der Waals surface area contributed by atoms with E-state index in [1.807, 2.05) is 4.90 Å². The van der Waals surface area contributed by atoms with E-state index in [0.29, 0.717) is 25.3 Å². The van der Waals surface area contributed by atoms with E-state index in [-0.39, 0.29) is 24.7 Å². The monoisotopic (exact) mass is 444 g/mol. The minimum absolute atomic E-state index is 0.00196. The van der Waals surface area contributed by atoms with Gasteiger partial charge in [-0.3, -0.25) is 14.5 Å². The molecule has 2 amide bonds. The molecule has 1 fully saturated rings. The van der Waals surface area contributed by atoms with Gasteiger partial charge in [0.25, 0.3) is 0 Å². The highest BCUT2D eigenvalue weighted by Gasteiger charge is 2.32. The number of halogens is 3. The lowest BCUT2D eigenvalue weighted by atomic mass is 10.1. The summed E-state index contributed by atoms with van der Waals surface area (Å²) in [6.07, 6.45) is -0.830. The predicted molar refractivity (Wildman–Crippen MR) is 113 cm³/mol. The molecule has 0 aromatic heterocycles. The maximum Gasteiger partial charge on any atom is 0.416 e. The van der Waals surface area contributed by atoms with Crippen LogP contribution in [-0.2, 0) is 20.5 Å². The Morgan fingerprint density at radius 1 is 1.13 bits per heavy atom. The summed E-state index contributed by atoms with van der Waals surface area (Å²) < 4.78 is 44.5. The molecule has 0 unspecified atom stereocenters. The summed E-state index contributed by atoms with van der Waals surface area (Å²) >= 11 is 0. The third-order valence-electron chi connectivity index (χ3n) is 4.97. The summed E-state index contributed by atoms with van der Waals surface area (Å²) in [5, 5.41) is 5.34. The Bertz CT molecular complexity index is 737. The first kappa shape index (κ1) is 24.9. The molecule has 0 bridgehead atoms. The Morgan fingerprint density at radius 3 is 2.45 bits per heavy atom. The average molecular weight is 444 g/mol. The molecule has 1 aliphatic heterocycles. The maximum atomic E-state index is 13.2. The van der Waals surface area contributed by atoms with Crippen molar-refractivity contribution in [3.05, 3.63) is 23.8 Å². The number of alkyl halides is 3. The first-order chi connectivity index (χ1) is 14.7.